The maximum atomic E-state index is 5.07. The van der Waals surface area contributed by atoms with Crippen molar-refractivity contribution < 1.29 is 9.13 Å². The zero-order valence-electron chi connectivity index (χ0n) is 18.3. The van der Waals surface area contributed by atoms with E-state index >= 15 is 0 Å². The highest BCUT2D eigenvalue weighted by Gasteiger charge is 2.23. The second kappa shape index (κ2) is 7.27. The maximum absolute atomic E-state index is 5.07. The molecular weight excluding hydrogens is 372 g/mol. The molecule has 0 saturated carbocycles. The molecule has 3 aromatic rings. The number of aliphatic imine (C=N–C) groups is 1. The summed E-state index contributed by atoms with van der Waals surface area (Å²) in [6.45, 7) is 11.3. The summed E-state index contributed by atoms with van der Waals surface area (Å²) in [7, 11) is 0. The van der Waals surface area contributed by atoms with Gasteiger partial charge in [0.15, 0.2) is 0 Å². The molecule has 0 aromatic carbocycles. The van der Waals surface area contributed by atoms with Crippen molar-refractivity contribution in [3.63, 3.8) is 0 Å². The van der Waals surface area contributed by atoms with E-state index in [2.05, 4.69) is 94.5 Å². The normalized spacial score (nSPS) is 16.1. The zero-order chi connectivity index (χ0) is 20.8. The smallest absolute Gasteiger partial charge is 0.247 e. The predicted molar refractivity (Wildman–Crippen MR) is 117 cm³/mol. The molecule has 0 atom stereocenters. The van der Waals surface area contributed by atoms with Gasteiger partial charge in [-0.3, -0.25) is 0 Å². The van der Waals surface area contributed by atoms with Gasteiger partial charge in [-0.25, -0.2) is 14.1 Å². The van der Waals surface area contributed by atoms with Gasteiger partial charge < -0.3 is 4.98 Å². The van der Waals surface area contributed by atoms with Crippen LogP contribution in [0.25, 0.3) is 6.08 Å². The number of imidazole rings is 2. The molecule has 5 rings (SSSR count). The topological polar surface area (TPSA) is 45.8 Å². The van der Waals surface area contributed by atoms with Crippen molar-refractivity contribution in [2.45, 2.75) is 60.3 Å². The highest BCUT2D eigenvalue weighted by atomic mass is 15.2. The summed E-state index contributed by atoms with van der Waals surface area (Å²) < 4.78 is 8.89. The van der Waals surface area contributed by atoms with E-state index in [-0.39, 0.29) is 0 Å². The number of hydrogen-bond acceptors (Lipinski definition) is 1. The highest BCUT2D eigenvalue weighted by Crippen LogP contribution is 2.31. The Bertz CT molecular complexity index is 1210. The fourth-order valence-corrected chi connectivity index (χ4v) is 4.80. The Morgan fingerprint density at radius 2 is 1.70 bits per heavy atom. The van der Waals surface area contributed by atoms with Crippen molar-refractivity contribution in [3.8, 4) is 0 Å². The molecular formula is C24H30N6+2. The van der Waals surface area contributed by atoms with E-state index in [1.54, 1.807) is 0 Å². The molecule has 6 heteroatoms. The molecule has 2 aliphatic rings. The quantitative estimate of drug-likeness (QED) is 0.640. The first-order valence-corrected chi connectivity index (χ1v) is 10.9. The summed E-state index contributed by atoms with van der Waals surface area (Å²) in [6.07, 6.45) is 17.2. The molecule has 0 radical (unpaired) electrons. The maximum Gasteiger partial charge on any atom is 0.247 e. The summed E-state index contributed by atoms with van der Waals surface area (Å²) in [6, 6.07) is 0. The monoisotopic (exact) mass is 402 g/mol. The Kier molecular flexibility index (Phi) is 4.57. The molecule has 0 fully saturated rings. The molecule has 0 aliphatic carbocycles. The van der Waals surface area contributed by atoms with E-state index < -0.39 is 0 Å². The third kappa shape index (κ3) is 3.16. The lowest BCUT2D eigenvalue weighted by Crippen LogP contribution is -2.49. The van der Waals surface area contributed by atoms with Crippen molar-refractivity contribution in [1.82, 2.24) is 14.1 Å². The zero-order valence-corrected chi connectivity index (χ0v) is 18.3. The molecule has 1 N–H and O–H groups in total. The predicted octanol–water partition coefficient (Wildman–Crippen LogP) is 3.15. The SMILES string of the molecule is CCC1=C(C)C2=Cc3[nH]c(c(CC)c3C)Cn3cc[n+](c3)C[n+]3ccn(c3)CC1=N2. The first-order chi connectivity index (χ1) is 14.6. The minimum Gasteiger partial charge on any atom is -0.355 e. The summed E-state index contributed by atoms with van der Waals surface area (Å²) in [4.78, 5) is 8.78. The molecule has 3 aromatic heterocycles. The average Bonchev–Trinajstić information content (AvgIpc) is 3.47. The fraction of sp³-hybridized carbons (Fsp3) is 0.375. The summed E-state index contributed by atoms with van der Waals surface area (Å²) in [5, 5.41) is 0. The van der Waals surface area contributed by atoms with Crippen molar-refractivity contribution in [3.05, 3.63) is 76.8 Å². The second-order valence-electron chi connectivity index (χ2n) is 8.36. The molecule has 0 amide bonds. The van der Waals surface area contributed by atoms with E-state index in [4.69, 9.17) is 4.99 Å². The number of nitrogens with zero attached hydrogens (tertiary/aromatic N) is 5. The van der Waals surface area contributed by atoms with Crippen LogP contribution in [0.4, 0.5) is 0 Å². The second-order valence-corrected chi connectivity index (χ2v) is 8.36. The van der Waals surface area contributed by atoms with Crippen LogP contribution in [0.3, 0.4) is 0 Å². The Labute approximate surface area is 177 Å². The van der Waals surface area contributed by atoms with Crippen LogP contribution in [-0.2, 0) is 26.2 Å². The number of aromatic nitrogens is 5. The van der Waals surface area contributed by atoms with Gasteiger partial charge in [-0.1, -0.05) is 13.8 Å². The van der Waals surface area contributed by atoms with Crippen molar-refractivity contribution in [1.29, 1.82) is 0 Å². The molecule has 0 spiro atoms. The average molecular weight is 403 g/mol. The standard InChI is InChI=1S/C24H30N6/c1-5-19-17(3)21-11-22-18(4)20(6-2)24(26-22)13-28-8-10-30(15-28)16-29-9-7-27(14-29)12-23(19)25-21/h7-11,14-15,25H,5-6,12-13,16H2,1-4H3/q+2. The molecule has 0 saturated heterocycles. The molecule has 5 heterocycles. The summed E-state index contributed by atoms with van der Waals surface area (Å²) in [5.41, 5.74) is 10.2. The van der Waals surface area contributed by atoms with Gasteiger partial charge in [0.2, 0.25) is 19.3 Å². The number of aromatic amines is 1. The van der Waals surface area contributed by atoms with Crippen molar-refractivity contribution in [2.75, 3.05) is 0 Å². The molecule has 2 aliphatic heterocycles. The lowest BCUT2D eigenvalue weighted by atomic mass is 10.0. The van der Waals surface area contributed by atoms with Crippen LogP contribution in [-0.4, -0.2) is 19.8 Å². The Morgan fingerprint density at radius 3 is 2.37 bits per heavy atom. The number of allylic oxidation sites excluding steroid dienone is 2. The van der Waals surface area contributed by atoms with Crippen LogP contribution in [0.15, 0.2) is 59.3 Å². The third-order valence-electron chi connectivity index (χ3n) is 6.43. The van der Waals surface area contributed by atoms with Gasteiger partial charge in [0.05, 0.1) is 17.1 Å². The van der Waals surface area contributed by atoms with E-state index in [1.165, 1.54) is 39.4 Å². The number of rotatable bonds is 2. The van der Waals surface area contributed by atoms with Crippen LogP contribution < -0.4 is 9.13 Å². The Morgan fingerprint density at radius 1 is 1.00 bits per heavy atom. The molecule has 0 unspecified atom stereocenters. The third-order valence-corrected chi connectivity index (χ3v) is 6.43. The van der Waals surface area contributed by atoms with E-state index in [9.17, 15) is 0 Å². The van der Waals surface area contributed by atoms with Gasteiger partial charge in [0, 0.05) is 5.69 Å². The molecule has 30 heavy (non-hydrogen) atoms. The first kappa shape index (κ1) is 18.9. The minimum absolute atomic E-state index is 0.794. The lowest BCUT2D eigenvalue weighted by molar-refractivity contribution is -0.912. The highest BCUT2D eigenvalue weighted by molar-refractivity contribution is 6.05. The summed E-state index contributed by atoms with van der Waals surface area (Å²) in [5.74, 6) is 0. The van der Waals surface area contributed by atoms with Crippen LogP contribution in [0.1, 0.15) is 49.7 Å². The van der Waals surface area contributed by atoms with Gasteiger partial charge >= 0.3 is 0 Å². The van der Waals surface area contributed by atoms with E-state index in [0.717, 1.165) is 38.3 Å². The molecule has 6 nitrogen and oxygen atoms in total. The molecule has 8 bridgehead atoms. The van der Waals surface area contributed by atoms with Crippen molar-refractivity contribution in [2.24, 2.45) is 4.99 Å². The molecule has 154 valence electrons. The van der Waals surface area contributed by atoms with E-state index in [1.807, 2.05) is 0 Å². The number of H-pyrrole nitrogens is 1. The number of fused-ring (bicyclic) bond motifs is 7. The summed E-state index contributed by atoms with van der Waals surface area (Å²) >= 11 is 0. The van der Waals surface area contributed by atoms with E-state index in [0.29, 0.717) is 0 Å². The van der Waals surface area contributed by atoms with Gasteiger partial charge in [-0.05, 0) is 55.0 Å². The van der Waals surface area contributed by atoms with Crippen LogP contribution in [0.2, 0.25) is 0 Å². The number of nitrogens with one attached hydrogen (secondary N) is 1. The van der Waals surface area contributed by atoms with Crippen molar-refractivity contribution >= 4 is 11.8 Å². The minimum atomic E-state index is 0.794. The van der Waals surface area contributed by atoms with Gasteiger partial charge in [-0.15, -0.1) is 0 Å². The van der Waals surface area contributed by atoms with Gasteiger partial charge in [0.25, 0.3) is 0 Å². The largest absolute Gasteiger partial charge is 0.355 e. The Hall–Kier alpha value is -3.15. The lowest BCUT2D eigenvalue weighted by Gasteiger charge is -2.03. The first-order valence-electron chi connectivity index (χ1n) is 10.9. The fourth-order valence-electron chi connectivity index (χ4n) is 4.80. The van der Waals surface area contributed by atoms with Crippen LogP contribution in [0.5, 0.6) is 0 Å². The van der Waals surface area contributed by atoms with Crippen LogP contribution in [0, 0.1) is 6.92 Å². The van der Waals surface area contributed by atoms with Gasteiger partial charge in [-0.2, -0.15) is 9.13 Å². The van der Waals surface area contributed by atoms with Gasteiger partial charge in [0.1, 0.15) is 37.9 Å². The Balaban J connectivity index is 1.67. The van der Waals surface area contributed by atoms with Crippen LogP contribution >= 0.6 is 0 Å². The number of hydrogen-bond donors (Lipinski definition) is 1.